The Hall–Kier alpha value is -3.67. The molecule has 0 fully saturated rings. The molecule has 3 heterocycles. The lowest BCUT2D eigenvalue weighted by Gasteiger charge is -2.20. The van der Waals surface area contributed by atoms with Gasteiger partial charge in [0.05, 0.1) is 30.3 Å². The second kappa shape index (κ2) is 9.00. The highest BCUT2D eigenvalue weighted by Crippen LogP contribution is 2.30. The maximum atomic E-state index is 6.00. The number of hydrogen-bond donors (Lipinski definition) is 2. The number of aliphatic imine (C=N–C) groups is 2. The third kappa shape index (κ3) is 4.43. The van der Waals surface area contributed by atoms with Gasteiger partial charge in [0.1, 0.15) is 5.75 Å². The number of aromatic amines is 1. The standard InChI is InChI=1S/C25H25N5O/c1-2-8-18(9-3-1)23-16-20(29-30-23)17-27-25-26-14-5-4-13-22(28-25)21-12-6-10-19-11-7-15-31-24(19)21/h1-4,6,8-10,12-13,16H,5,7,11,14-15,17H2,(H,26,27)(H,29,30)/b13-4+,28-22?. The van der Waals surface area contributed by atoms with Crippen molar-refractivity contribution in [1.29, 1.82) is 0 Å². The number of para-hydroxylation sites is 1. The number of allylic oxidation sites excluding steroid dienone is 1. The molecule has 0 amide bonds. The molecule has 3 aromatic rings. The van der Waals surface area contributed by atoms with Crippen molar-refractivity contribution in [2.45, 2.75) is 25.8 Å². The first-order chi connectivity index (χ1) is 15.4. The van der Waals surface area contributed by atoms with E-state index in [4.69, 9.17) is 9.73 Å². The molecule has 2 N–H and O–H groups in total. The van der Waals surface area contributed by atoms with Crippen molar-refractivity contribution >= 4 is 11.7 Å². The average molecular weight is 412 g/mol. The van der Waals surface area contributed by atoms with Crippen LogP contribution in [0.15, 0.2) is 76.7 Å². The highest BCUT2D eigenvalue weighted by atomic mass is 16.5. The van der Waals surface area contributed by atoms with Crippen molar-refractivity contribution in [1.82, 2.24) is 15.5 Å². The maximum absolute atomic E-state index is 6.00. The number of aryl methyl sites for hydroxylation is 1. The Morgan fingerprint density at radius 3 is 2.94 bits per heavy atom. The van der Waals surface area contributed by atoms with Crippen LogP contribution in [0.2, 0.25) is 0 Å². The summed E-state index contributed by atoms with van der Waals surface area (Å²) in [7, 11) is 0. The Balaban J connectivity index is 1.36. The van der Waals surface area contributed by atoms with E-state index >= 15 is 0 Å². The molecule has 2 aliphatic heterocycles. The summed E-state index contributed by atoms with van der Waals surface area (Å²) in [6.45, 7) is 2.03. The number of fused-ring (bicyclic) bond motifs is 1. The predicted octanol–water partition coefficient (Wildman–Crippen LogP) is 4.30. The van der Waals surface area contributed by atoms with Crippen LogP contribution < -0.4 is 10.1 Å². The summed E-state index contributed by atoms with van der Waals surface area (Å²) in [5.74, 6) is 1.58. The number of aromatic nitrogens is 2. The van der Waals surface area contributed by atoms with Crippen LogP contribution in [0.25, 0.3) is 11.3 Å². The lowest BCUT2D eigenvalue weighted by Crippen LogP contribution is -2.24. The number of nitrogens with zero attached hydrogens (tertiary/aromatic N) is 3. The zero-order valence-electron chi connectivity index (χ0n) is 17.3. The summed E-state index contributed by atoms with van der Waals surface area (Å²) in [5, 5.41) is 10.9. The Morgan fingerprint density at radius 1 is 1.06 bits per heavy atom. The van der Waals surface area contributed by atoms with Crippen LogP contribution >= 0.6 is 0 Å². The Morgan fingerprint density at radius 2 is 2.00 bits per heavy atom. The number of ether oxygens (including phenoxy) is 1. The average Bonchev–Trinajstić information content (AvgIpc) is 3.28. The fourth-order valence-electron chi connectivity index (χ4n) is 3.85. The molecule has 0 radical (unpaired) electrons. The fraction of sp³-hybridized carbons (Fsp3) is 0.240. The smallest absolute Gasteiger partial charge is 0.218 e. The summed E-state index contributed by atoms with van der Waals surface area (Å²) in [5.41, 5.74) is 6.15. The molecule has 5 rings (SSSR count). The molecule has 0 atom stereocenters. The van der Waals surface area contributed by atoms with Crippen LogP contribution in [0, 0.1) is 0 Å². The van der Waals surface area contributed by atoms with Crippen molar-refractivity contribution in [3.63, 3.8) is 0 Å². The first kappa shape index (κ1) is 19.3. The molecule has 31 heavy (non-hydrogen) atoms. The molecule has 0 spiro atoms. The normalized spacial score (nSPS) is 16.8. The van der Waals surface area contributed by atoms with Gasteiger partial charge in [-0.1, -0.05) is 48.5 Å². The maximum Gasteiger partial charge on any atom is 0.218 e. The van der Waals surface area contributed by atoms with E-state index in [-0.39, 0.29) is 0 Å². The summed E-state index contributed by atoms with van der Waals surface area (Å²) in [4.78, 5) is 9.49. The minimum absolute atomic E-state index is 0.572. The van der Waals surface area contributed by atoms with Gasteiger partial charge in [-0.3, -0.25) is 10.1 Å². The molecule has 2 aromatic carbocycles. The molecule has 0 unspecified atom stereocenters. The summed E-state index contributed by atoms with van der Waals surface area (Å²) >= 11 is 0. The van der Waals surface area contributed by atoms with Gasteiger partial charge >= 0.3 is 0 Å². The molecular formula is C25H25N5O. The molecule has 6 heteroatoms. The van der Waals surface area contributed by atoms with Crippen LogP contribution in [-0.2, 0) is 13.0 Å². The summed E-state index contributed by atoms with van der Waals surface area (Å²) in [6.07, 6.45) is 7.18. The Labute approximate surface area is 181 Å². The van der Waals surface area contributed by atoms with E-state index in [2.05, 4.69) is 69.1 Å². The third-order valence-corrected chi connectivity index (χ3v) is 5.41. The van der Waals surface area contributed by atoms with E-state index in [1.165, 1.54) is 5.56 Å². The van der Waals surface area contributed by atoms with E-state index in [0.717, 1.165) is 59.8 Å². The minimum Gasteiger partial charge on any atom is -0.493 e. The van der Waals surface area contributed by atoms with Gasteiger partial charge < -0.3 is 10.1 Å². The van der Waals surface area contributed by atoms with Crippen LogP contribution in [0.3, 0.4) is 0 Å². The Bertz CT molecular complexity index is 1140. The van der Waals surface area contributed by atoms with E-state index in [1.807, 2.05) is 18.2 Å². The van der Waals surface area contributed by atoms with Crippen molar-refractivity contribution in [2.75, 3.05) is 13.2 Å². The highest BCUT2D eigenvalue weighted by Gasteiger charge is 2.17. The zero-order chi connectivity index (χ0) is 20.9. The highest BCUT2D eigenvalue weighted by molar-refractivity contribution is 6.15. The van der Waals surface area contributed by atoms with Crippen LogP contribution in [-0.4, -0.2) is 35.0 Å². The van der Waals surface area contributed by atoms with Crippen molar-refractivity contribution in [3.8, 4) is 17.0 Å². The molecule has 2 aliphatic rings. The second-order valence-corrected chi connectivity index (χ2v) is 7.64. The molecule has 0 aliphatic carbocycles. The van der Waals surface area contributed by atoms with Crippen molar-refractivity contribution in [2.24, 2.45) is 9.98 Å². The number of benzene rings is 2. The SMILES string of the molecule is C1=C/C(c2cccc3c2OCCC3)=NC(NCc2cc(-c3ccccc3)n[nH]2)=NCC/1. The number of guanidine groups is 1. The van der Waals surface area contributed by atoms with Gasteiger partial charge in [-0.2, -0.15) is 5.10 Å². The van der Waals surface area contributed by atoms with Gasteiger partial charge in [0.2, 0.25) is 5.96 Å². The van der Waals surface area contributed by atoms with Gasteiger partial charge in [-0.25, -0.2) is 4.99 Å². The molecular weight excluding hydrogens is 386 g/mol. The number of H-pyrrole nitrogens is 1. The lowest BCUT2D eigenvalue weighted by atomic mass is 9.99. The van der Waals surface area contributed by atoms with Gasteiger partial charge in [0, 0.05) is 17.7 Å². The lowest BCUT2D eigenvalue weighted by molar-refractivity contribution is 0.288. The second-order valence-electron chi connectivity index (χ2n) is 7.64. The molecule has 1 aromatic heterocycles. The molecule has 6 nitrogen and oxygen atoms in total. The quantitative estimate of drug-likeness (QED) is 0.672. The number of hydrogen-bond acceptors (Lipinski definition) is 5. The van der Waals surface area contributed by atoms with Gasteiger partial charge in [0.15, 0.2) is 0 Å². The van der Waals surface area contributed by atoms with Crippen LogP contribution in [0.4, 0.5) is 0 Å². The molecule has 156 valence electrons. The van der Waals surface area contributed by atoms with E-state index in [0.29, 0.717) is 19.0 Å². The first-order valence-electron chi connectivity index (χ1n) is 10.8. The minimum atomic E-state index is 0.572. The Kier molecular flexibility index (Phi) is 5.60. The predicted molar refractivity (Wildman–Crippen MR) is 124 cm³/mol. The summed E-state index contributed by atoms with van der Waals surface area (Å²) in [6, 6.07) is 18.5. The van der Waals surface area contributed by atoms with Gasteiger partial charge in [0.25, 0.3) is 0 Å². The fourth-order valence-corrected chi connectivity index (χ4v) is 3.85. The monoisotopic (exact) mass is 411 g/mol. The van der Waals surface area contributed by atoms with Crippen LogP contribution in [0.1, 0.15) is 29.7 Å². The van der Waals surface area contributed by atoms with Gasteiger partial charge in [-0.05, 0) is 43.0 Å². The largest absolute Gasteiger partial charge is 0.493 e. The van der Waals surface area contributed by atoms with Crippen LogP contribution in [0.5, 0.6) is 5.75 Å². The molecule has 0 bridgehead atoms. The van der Waals surface area contributed by atoms with E-state index < -0.39 is 0 Å². The van der Waals surface area contributed by atoms with Gasteiger partial charge in [-0.15, -0.1) is 0 Å². The first-order valence-corrected chi connectivity index (χ1v) is 10.8. The van der Waals surface area contributed by atoms with Crippen molar-refractivity contribution in [3.05, 3.63) is 83.6 Å². The third-order valence-electron chi connectivity index (χ3n) is 5.41. The zero-order valence-corrected chi connectivity index (χ0v) is 17.3. The van der Waals surface area contributed by atoms with E-state index in [1.54, 1.807) is 0 Å². The molecule has 0 saturated carbocycles. The van der Waals surface area contributed by atoms with Crippen molar-refractivity contribution < 1.29 is 4.74 Å². The molecule has 0 saturated heterocycles. The van der Waals surface area contributed by atoms with E-state index in [9.17, 15) is 0 Å². The number of nitrogens with one attached hydrogen (secondary N) is 2. The topological polar surface area (TPSA) is 74.7 Å². The number of rotatable bonds is 4. The summed E-state index contributed by atoms with van der Waals surface area (Å²) < 4.78 is 6.00.